The second kappa shape index (κ2) is 5.65. The van der Waals surface area contributed by atoms with Gasteiger partial charge in [-0.05, 0) is 27.7 Å². The number of carbonyl (C=O) groups is 1. The number of aromatic nitrogens is 2. The molecule has 21 heavy (non-hydrogen) atoms. The van der Waals surface area contributed by atoms with Crippen LogP contribution in [0.1, 0.15) is 25.2 Å². The average molecular weight is 295 g/mol. The molecule has 1 aromatic heterocycles. The van der Waals surface area contributed by atoms with E-state index in [1.54, 1.807) is 4.68 Å². The Labute approximate surface area is 125 Å². The van der Waals surface area contributed by atoms with Gasteiger partial charge in [0.2, 0.25) is 5.91 Å². The lowest BCUT2D eigenvalue weighted by atomic mass is 9.98. The summed E-state index contributed by atoms with van der Waals surface area (Å²) in [4.78, 5) is 13.9. The fourth-order valence-corrected chi connectivity index (χ4v) is 2.66. The smallest absolute Gasteiger partial charge is 0.240 e. The van der Waals surface area contributed by atoms with Gasteiger partial charge in [0, 0.05) is 19.6 Å². The van der Waals surface area contributed by atoms with Crippen molar-refractivity contribution in [2.45, 2.75) is 45.9 Å². The molecule has 2 rings (SSSR count). The van der Waals surface area contributed by atoms with Gasteiger partial charge in [0.15, 0.2) is 0 Å². The van der Waals surface area contributed by atoms with Crippen LogP contribution in [0, 0.1) is 13.8 Å². The summed E-state index contributed by atoms with van der Waals surface area (Å²) in [7, 11) is 0. The molecule has 1 aliphatic heterocycles. The van der Waals surface area contributed by atoms with Gasteiger partial charge in [-0.15, -0.1) is 0 Å². The number of piperazine rings is 1. The Morgan fingerprint density at radius 3 is 2.67 bits per heavy atom. The summed E-state index contributed by atoms with van der Waals surface area (Å²) >= 11 is 0. The normalized spacial score (nSPS) is 20.3. The van der Waals surface area contributed by atoms with Gasteiger partial charge in [0.25, 0.3) is 0 Å². The van der Waals surface area contributed by atoms with Crippen molar-refractivity contribution in [1.82, 2.24) is 20.0 Å². The van der Waals surface area contributed by atoms with Gasteiger partial charge in [-0.3, -0.25) is 14.4 Å². The van der Waals surface area contributed by atoms with E-state index in [-0.39, 0.29) is 5.91 Å². The number of β-amino-alcohol motifs (C(OH)–C–C–N with tert-alkyl or cyclic N) is 1. The van der Waals surface area contributed by atoms with Gasteiger partial charge in [-0.1, -0.05) is 0 Å². The summed E-state index contributed by atoms with van der Waals surface area (Å²) in [6.45, 7) is 9.63. The number of anilines is 1. The van der Waals surface area contributed by atoms with Crippen LogP contribution >= 0.6 is 0 Å². The van der Waals surface area contributed by atoms with Crippen LogP contribution in [0.4, 0.5) is 5.69 Å². The fraction of sp³-hybridized carbons (Fsp3) is 0.714. The van der Waals surface area contributed by atoms with E-state index in [0.717, 1.165) is 17.9 Å². The number of hydrogen-bond donors (Lipinski definition) is 3. The van der Waals surface area contributed by atoms with E-state index in [0.29, 0.717) is 25.3 Å². The summed E-state index contributed by atoms with van der Waals surface area (Å²) in [5, 5.41) is 17.5. The van der Waals surface area contributed by atoms with Crippen LogP contribution in [0.25, 0.3) is 0 Å². The highest BCUT2D eigenvalue weighted by atomic mass is 16.3. The number of hydrogen-bond acceptors (Lipinski definition) is 5. The van der Waals surface area contributed by atoms with Gasteiger partial charge in [-0.25, -0.2) is 0 Å². The van der Waals surface area contributed by atoms with Crippen molar-refractivity contribution in [3.05, 3.63) is 11.4 Å². The number of rotatable bonds is 4. The molecule has 0 spiro atoms. The molecule has 1 fully saturated rings. The number of carbonyl (C=O) groups excluding carboxylic acids is 1. The maximum absolute atomic E-state index is 11.9. The molecule has 0 radical (unpaired) electrons. The third-order valence-electron chi connectivity index (χ3n) is 4.27. The summed E-state index contributed by atoms with van der Waals surface area (Å²) in [5.41, 5.74) is 7.60. The second-order valence-electron chi connectivity index (χ2n) is 6.18. The molecule has 4 N–H and O–H groups in total. The fourth-order valence-electron chi connectivity index (χ4n) is 2.66. The summed E-state index contributed by atoms with van der Waals surface area (Å²) in [6, 6.07) is 0. The Hall–Kier alpha value is -1.60. The first-order valence-corrected chi connectivity index (χ1v) is 7.24. The molecule has 2 heterocycles. The Balaban J connectivity index is 2.02. The van der Waals surface area contributed by atoms with Crippen LogP contribution in [0.2, 0.25) is 0 Å². The first-order valence-electron chi connectivity index (χ1n) is 7.24. The maximum atomic E-state index is 11.9. The van der Waals surface area contributed by atoms with E-state index in [1.807, 2.05) is 32.6 Å². The van der Waals surface area contributed by atoms with Crippen molar-refractivity contribution in [2.24, 2.45) is 0 Å². The van der Waals surface area contributed by atoms with Crippen molar-refractivity contribution in [3.63, 3.8) is 0 Å². The van der Waals surface area contributed by atoms with E-state index < -0.39 is 11.6 Å². The van der Waals surface area contributed by atoms with Gasteiger partial charge in [0.1, 0.15) is 0 Å². The molecule has 0 aliphatic carbocycles. The zero-order valence-corrected chi connectivity index (χ0v) is 13.2. The van der Waals surface area contributed by atoms with E-state index in [2.05, 4.69) is 10.4 Å². The molecule has 1 saturated heterocycles. The largest absolute Gasteiger partial charge is 0.396 e. The van der Waals surface area contributed by atoms with Crippen LogP contribution < -0.4 is 11.1 Å². The number of nitrogens with zero attached hydrogens (tertiary/aromatic N) is 3. The molecule has 1 amide bonds. The number of nitrogens with two attached hydrogens (primary N) is 1. The van der Waals surface area contributed by atoms with Gasteiger partial charge in [-0.2, -0.15) is 5.10 Å². The first-order chi connectivity index (χ1) is 9.73. The monoisotopic (exact) mass is 295 g/mol. The van der Waals surface area contributed by atoms with Crippen molar-refractivity contribution >= 4 is 11.6 Å². The summed E-state index contributed by atoms with van der Waals surface area (Å²) < 4.78 is 1.73. The zero-order chi connectivity index (χ0) is 15.8. The number of nitrogen functional groups attached to an aromatic ring is 1. The molecule has 7 nitrogen and oxygen atoms in total. The van der Waals surface area contributed by atoms with Crippen molar-refractivity contribution in [2.75, 3.05) is 25.4 Å². The minimum absolute atomic E-state index is 0.00342. The maximum Gasteiger partial charge on any atom is 0.240 e. The Morgan fingerprint density at radius 1 is 1.43 bits per heavy atom. The molecule has 0 saturated carbocycles. The van der Waals surface area contributed by atoms with E-state index in [4.69, 9.17) is 5.73 Å². The molecule has 118 valence electrons. The number of amides is 1. The highest BCUT2D eigenvalue weighted by molar-refractivity contribution is 5.86. The minimum atomic E-state index is -0.604. The zero-order valence-electron chi connectivity index (χ0n) is 13.2. The van der Waals surface area contributed by atoms with Crippen molar-refractivity contribution in [1.29, 1.82) is 0 Å². The molecule has 1 aliphatic rings. The van der Waals surface area contributed by atoms with Crippen LogP contribution in [-0.2, 0) is 11.3 Å². The van der Waals surface area contributed by atoms with Crippen LogP contribution in [-0.4, -0.2) is 57.0 Å². The summed E-state index contributed by atoms with van der Waals surface area (Å²) in [6.07, 6.45) is -0.604. The Bertz CT molecular complexity index is 538. The second-order valence-corrected chi connectivity index (χ2v) is 6.18. The lowest BCUT2D eigenvalue weighted by Crippen LogP contribution is -2.63. The number of nitrogens with one attached hydrogen (secondary N) is 1. The Morgan fingerprint density at radius 2 is 2.10 bits per heavy atom. The standard InChI is InChI=1S/C14H25N5O2/c1-9-12(15)10(2)19(17-9)8-11(20)7-18-6-5-16-13(21)14(18,3)4/h11,20H,5-8,15H2,1-4H3,(H,16,21). The Kier molecular flexibility index (Phi) is 4.25. The lowest BCUT2D eigenvalue weighted by Gasteiger charge is -2.42. The third-order valence-corrected chi connectivity index (χ3v) is 4.27. The van der Waals surface area contributed by atoms with E-state index in [1.165, 1.54) is 0 Å². The number of aryl methyl sites for hydroxylation is 1. The van der Waals surface area contributed by atoms with E-state index in [9.17, 15) is 9.90 Å². The molecule has 1 atom stereocenters. The van der Waals surface area contributed by atoms with Gasteiger partial charge >= 0.3 is 0 Å². The third kappa shape index (κ3) is 3.03. The minimum Gasteiger partial charge on any atom is -0.396 e. The quantitative estimate of drug-likeness (QED) is 0.706. The predicted octanol–water partition coefficient (Wildman–Crippen LogP) is -0.347. The lowest BCUT2D eigenvalue weighted by molar-refractivity contribution is -0.136. The molecule has 0 bridgehead atoms. The first kappa shape index (κ1) is 15.8. The predicted molar refractivity (Wildman–Crippen MR) is 80.8 cm³/mol. The van der Waals surface area contributed by atoms with Crippen LogP contribution in [0.15, 0.2) is 0 Å². The number of aliphatic hydroxyl groups is 1. The molecule has 7 heteroatoms. The molecule has 0 aromatic carbocycles. The average Bonchev–Trinajstić information content (AvgIpc) is 2.63. The van der Waals surface area contributed by atoms with Crippen molar-refractivity contribution in [3.8, 4) is 0 Å². The highest BCUT2D eigenvalue weighted by Crippen LogP contribution is 2.19. The van der Waals surface area contributed by atoms with Crippen LogP contribution in [0.5, 0.6) is 0 Å². The van der Waals surface area contributed by atoms with E-state index >= 15 is 0 Å². The van der Waals surface area contributed by atoms with Gasteiger partial charge < -0.3 is 16.2 Å². The molecule has 1 unspecified atom stereocenters. The van der Waals surface area contributed by atoms with Crippen molar-refractivity contribution < 1.29 is 9.90 Å². The SMILES string of the molecule is Cc1nn(CC(O)CN2CCNC(=O)C2(C)C)c(C)c1N. The summed E-state index contributed by atoms with van der Waals surface area (Å²) in [5.74, 6) is -0.00342. The van der Waals surface area contributed by atoms with Gasteiger partial charge in [0.05, 0.1) is 35.3 Å². The molecular formula is C14H25N5O2. The van der Waals surface area contributed by atoms with Crippen LogP contribution in [0.3, 0.4) is 0 Å². The number of aliphatic hydroxyl groups excluding tert-OH is 1. The topological polar surface area (TPSA) is 96.4 Å². The molecular weight excluding hydrogens is 270 g/mol. The molecule has 1 aromatic rings. The highest BCUT2D eigenvalue weighted by Gasteiger charge is 2.38.